The fraction of sp³-hybridized carbons (Fsp3) is 0.333. The predicted octanol–water partition coefficient (Wildman–Crippen LogP) is 3.91. The molecule has 28 heavy (non-hydrogen) atoms. The second kappa shape index (κ2) is 8.47. The Kier molecular flexibility index (Phi) is 5.80. The molecular weight excluding hydrogens is 392 g/mol. The van der Waals surface area contributed by atoms with Gasteiger partial charge in [-0.05, 0) is 29.5 Å². The van der Waals surface area contributed by atoms with Crippen LogP contribution in [0.4, 0.5) is 0 Å². The first-order chi connectivity index (χ1) is 13.6. The molecule has 0 radical (unpaired) electrons. The maximum Gasteiger partial charge on any atom is 0.264 e. The van der Waals surface area contributed by atoms with E-state index < -0.39 is 0 Å². The fourth-order valence-corrected chi connectivity index (χ4v) is 4.54. The Morgan fingerprint density at radius 2 is 1.96 bits per heavy atom. The molecule has 1 aliphatic rings. The standard InChI is InChI=1S/C21H23ClN4OS/c1-16-3-2-4-17(9-16)12-24-5-7-25(8-6-24)21(27)20-10-18(15-28-20)13-26-14-19(22)11-23-26/h2-4,9-11,14-15H,5-8,12-13H2,1H3. The Labute approximate surface area is 174 Å². The Morgan fingerprint density at radius 3 is 2.68 bits per heavy atom. The molecule has 0 atom stereocenters. The Balaban J connectivity index is 1.31. The average molecular weight is 415 g/mol. The van der Waals surface area contributed by atoms with Crippen LogP contribution in [0.3, 0.4) is 0 Å². The number of piperazine rings is 1. The summed E-state index contributed by atoms with van der Waals surface area (Å²) in [4.78, 5) is 18.0. The van der Waals surface area contributed by atoms with Crippen LogP contribution in [-0.2, 0) is 13.1 Å². The number of hydrogen-bond donors (Lipinski definition) is 0. The molecule has 2 aromatic heterocycles. The van der Waals surface area contributed by atoms with Crippen LogP contribution >= 0.6 is 22.9 Å². The summed E-state index contributed by atoms with van der Waals surface area (Å²) in [6, 6.07) is 10.6. The summed E-state index contributed by atoms with van der Waals surface area (Å²) >= 11 is 7.41. The van der Waals surface area contributed by atoms with Crippen molar-refractivity contribution in [1.82, 2.24) is 19.6 Å². The molecule has 1 aliphatic heterocycles. The minimum absolute atomic E-state index is 0.130. The SMILES string of the molecule is Cc1cccc(CN2CCN(C(=O)c3cc(Cn4cc(Cl)cn4)cs3)CC2)c1. The highest BCUT2D eigenvalue weighted by molar-refractivity contribution is 7.12. The van der Waals surface area contributed by atoms with Crippen LogP contribution < -0.4 is 0 Å². The zero-order valence-electron chi connectivity index (χ0n) is 15.8. The van der Waals surface area contributed by atoms with Crippen molar-refractivity contribution < 1.29 is 4.79 Å². The molecule has 3 aromatic rings. The highest BCUT2D eigenvalue weighted by Crippen LogP contribution is 2.20. The maximum absolute atomic E-state index is 12.9. The molecule has 0 saturated carbocycles. The van der Waals surface area contributed by atoms with E-state index in [9.17, 15) is 4.79 Å². The van der Waals surface area contributed by atoms with Crippen LogP contribution in [0.25, 0.3) is 0 Å². The number of hydrogen-bond acceptors (Lipinski definition) is 4. The van der Waals surface area contributed by atoms with Gasteiger partial charge in [0.25, 0.3) is 5.91 Å². The number of aryl methyl sites for hydroxylation is 1. The number of aromatic nitrogens is 2. The van der Waals surface area contributed by atoms with Gasteiger partial charge in [0.05, 0.1) is 22.6 Å². The van der Waals surface area contributed by atoms with E-state index in [2.05, 4.69) is 41.2 Å². The lowest BCUT2D eigenvalue weighted by atomic mass is 10.1. The summed E-state index contributed by atoms with van der Waals surface area (Å²) in [5.74, 6) is 0.130. The molecule has 1 fully saturated rings. The lowest BCUT2D eigenvalue weighted by Crippen LogP contribution is -2.48. The van der Waals surface area contributed by atoms with Gasteiger partial charge < -0.3 is 4.90 Å². The summed E-state index contributed by atoms with van der Waals surface area (Å²) in [5.41, 5.74) is 3.70. The quantitative estimate of drug-likeness (QED) is 0.635. The van der Waals surface area contributed by atoms with Crippen LogP contribution in [0.2, 0.25) is 5.02 Å². The van der Waals surface area contributed by atoms with E-state index in [0.29, 0.717) is 11.6 Å². The number of carbonyl (C=O) groups is 1. The van der Waals surface area contributed by atoms with Gasteiger partial charge in [0.15, 0.2) is 0 Å². The van der Waals surface area contributed by atoms with Crippen molar-refractivity contribution in [2.24, 2.45) is 0 Å². The molecule has 7 heteroatoms. The normalized spacial score (nSPS) is 15.1. The number of benzene rings is 1. The molecule has 0 spiro atoms. The molecule has 1 aromatic carbocycles. The van der Waals surface area contributed by atoms with Gasteiger partial charge in [0.1, 0.15) is 0 Å². The molecule has 4 rings (SSSR count). The second-order valence-electron chi connectivity index (χ2n) is 7.23. The van der Waals surface area contributed by atoms with Crippen molar-refractivity contribution in [2.45, 2.75) is 20.0 Å². The average Bonchev–Trinajstić information content (AvgIpc) is 3.31. The zero-order valence-corrected chi connectivity index (χ0v) is 17.4. The lowest BCUT2D eigenvalue weighted by molar-refractivity contribution is 0.0633. The third kappa shape index (κ3) is 4.63. The molecule has 0 bridgehead atoms. The van der Waals surface area contributed by atoms with E-state index in [1.54, 1.807) is 17.1 Å². The van der Waals surface area contributed by atoms with Gasteiger partial charge in [-0.3, -0.25) is 14.4 Å². The summed E-state index contributed by atoms with van der Waals surface area (Å²) in [5, 5.41) is 6.84. The molecule has 3 heterocycles. The first-order valence-electron chi connectivity index (χ1n) is 9.39. The topological polar surface area (TPSA) is 41.4 Å². The van der Waals surface area contributed by atoms with E-state index in [4.69, 9.17) is 11.6 Å². The smallest absolute Gasteiger partial charge is 0.264 e. The number of halogens is 1. The third-order valence-electron chi connectivity index (χ3n) is 4.96. The van der Waals surface area contributed by atoms with Crippen molar-refractivity contribution in [3.05, 3.63) is 74.7 Å². The van der Waals surface area contributed by atoms with Crippen molar-refractivity contribution in [1.29, 1.82) is 0 Å². The summed E-state index contributed by atoms with van der Waals surface area (Å²) < 4.78 is 1.78. The van der Waals surface area contributed by atoms with Crippen LogP contribution in [0.1, 0.15) is 26.4 Å². The number of thiophene rings is 1. The van der Waals surface area contributed by atoms with Gasteiger partial charge in [-0.15, -0.1) is 11.3 Å². The highest BCUT2D eigenvalue weighted by atomic mass is 35.5. The van der Waals surface area contributed by atoms with Gasteiger partial charge in [0.2, 0.25) is 0 Å². The molecule has 0 aliphatic carbocycles. The van der Waals surface area contributed by atoms with Gasteiger partial charge >= 0.3 is 0 Å². The lowest BCUT2D eigenvalue weighted by Gasteiger charge is -2.34. The summed E-state index contributed by atoms with van der Waals surface area (Å²) in [7, 11) is 0. The molecule has 1 amide bonds. The van der Waals surface area contributed by atoms with Crippen LogP contribution in [0.15, 0.2) is 48.1 Å². The van der Waals surface area contributed by atoms with E-state index >= 15 is 0 Å². The van der Waals surface area contributed by atoms with Crippen molar-refractivity contribution in [2.75, 3.05) is 26.2 Å². The Bertz CT molecular complexity index is 959. The first kappa shape index (κ1) is 19.2. The Morgan fingerprint density at radius 1 is 1.14 bits per heavy atom. The molecule has 0 unspecified atom stereocenters. The van der Waals surface area contributed by atoms with E-state index in [0.717, 1.165) is 43.2 Å². The maximum atomic E-state index is 12.9. The summed E-state index contributed by atoms with van der Waals surface area (Å²) in [6.07, 6.45) is 3.41. The van der Waals surface area contributed by atoms with Crippen LogP contribution in [0.5, 0.6) is 0 Å². The molecule has 146 valence electrons. The minimum atomic E-state index is 0.130. The molecule has 1 saturated heterocycles. The van der Waals surface area contributed by atoms with Gasteiger partial charge in [-0.25, -0.2) is 0 Å². The number of amides is 1. The number of nitrogens with zero attached hydrogens (tertiary/aromatic N) is 4. The van der Waals surface area contributed by atoms with E-state index in [1.165, 1.54) is 22.5 Å². The Hall–Kier alpha value is -2.15. The predicted molar refractivity (Wildman–Crippen MR) is 113 cm³/mol. The largest absolute Gasteiger partial charge is 0.335 e. The fourth-order valence-electron chi connectivity index (χ4n) is 3.52. The van der Waals surface area contributed by atoms with Crippen LogP contribution in [0, 0.1) is 6.92 Å². The van der Waals surface area contributed by atoms with Gasteiger partial charge in [-0.2, -0.15) is 5.10 Å². The van der Waals surface area contributed by atoms with E-state index in [1.807, 2.05) is 16.3 Å². The van der Waals surface area contributed by atoms with Crippen molar-refractivity contribution in [3.63, 3.8) is 0 Å². The summed E-state index contributed by atoms with van der Waals surface area (Å²) in [6.45, 7) is 7.04. The van der Waals surface area contributed by atoms with Crippen molar-refractivity contribution in [3.8, 4) is 0 Å². The number of carbonyl (C=O) groups excluding carboxylic acids is 1. The first-order valence-corrected chi connectivity index (χ1v) is 10.6. The zero-order chi connectivity index (χ0) is 19.5. The molecule has 5 nitrogen and oxygen atoms in total. The van der Waals surface area contributed by atoms with Gasteiger partial charge in [-0.1, -0.05) is 41.4 Å². The van der Waals surface area contributed by atoms with Crippen LogP contribution in [-0.4, -0.2) is 51.7 Å². The molecular formula is C21H23ClN4OS. The second-order valence-corrected chi connectivity index (χ2v) is 8.58. The third-order valence-corrected chi connectivity index (χ3v) is 6.12. The van der Waals surface area contributed by atoms with E-state index in [-0.39, 0.29) is 5.91 Å². The minimum Gasteiger partial charge on any atom is -0.335 e. The highest BCUT2D eigenvalue weighted by Gasteiger charge is 2.23. The van der Waals surface area contributed by atoms with Crippen molar-refractivity contribution >= 4 is 28.8 Å². The molecule has 0 N–H and O–H groups in total. The van der Waals surface area contributed by atoms with Gasteiger partial charge in [0, 0.05) is 38.9 Å². The monoisotopic (exact) mass is 414 g/mol. The number of rotatable bonds is 5.